The Balaban J connectivity index is 2.59. The third-order valence-electron chi connectivity index (χ3n) is 1.86. The largest absolute Gasteiger partial charge is 0.324 e. The second-order valence-electron chi connectivity index (χ2n) is 2.55. The Bertz CT molecular complexity index is 213. The van der Waals surface area contributed by atoms with E-state index in [9.17, 15) is 0 Å². The molecular formula is C8H9N. The molecule has 0 amide bonds. The molecule has 0 aromatic heterocycles. The van der Waals surface area contributed by atoms with Crippen LogP contribution in [0.15, 0.2) is 24.3 Å². The zero-order valence-electron chi connectivity index (χ0n) is 5.17. The highest BCUT2D eigenvalue weighted by molar-refractivity contribution is 5.31. The molecule has 0 saturated carbocycles. The second kappa shape index (κ2) is 1.58. The van der Waals surface area contributed by atoms with E-state index < -0.39 is 0 Å². The van der Waals surface area contributed by atoms with Crippen molar-refractivity contribution in [3.63, 3.8) is 0 Å². The van der Waals surface area contributed by atoms with Crippen LogP contribution in [0.1, 0.15) is 17.2 Å². The van der Waals surface area contributed by atoms with Crippen LogP contribution in [0.3, 0.4) is 0 Å². The summed E-state index contributed by atoms with van der Waals surface area (Å²) in [5.74, 6) is 0. The van der Waals surface area contributed by atoms with E-state index in [2.05, 4.69) is 24.3 Å². The van der Waals surface area contributed by atoms with Gasteiger partial charge in [-0.15, -0.1) is 0 Å². The first-order chi connectivity index (χ1) is 4.36. The van der Waals surface area contributed by atoms with Gasteiger partial charge in [0.15, 0.2) is 0 Å². The first kappa shape index (κ1) is 5.00. The summed E-state index contributed by atoms with van der Waals surface area (Å²) in [7, 11) is 0. The van der Waals surface area contributed by atoms with Crippen molar-refractivity contribution in [1.29, 1.82) is 0 Å². The summed E-state index contributed by atoms with van der Waals surface area (Å²) >= 11 is 0. The lowest BCUT2D eigenvalue weighted by molar-refractivity contribution is 0.701. The van der Waals surface area contributed by atoms with Crippen molar-refractivity contribution < 1.29 is 0 Å². The molecule has 1 unspecified atom stereocenters. The van der Waals surface area contributed by atoms with Crippen molar-refractivity contribution in [3.8, 4) is 0 Å². The highest BCUT2D eigenvalue weighted by atomic mass is 14.6. The molecule has 0 saturated heterocycles. The zero-order valence-corrected chi connectivity index (χ0v) is 5.17. The highest BCUT2D eigenvalue weighted by Gasteiger charge is 2.11. The second-order valence-corrected chi connectivity index (χ2v) is 2.55. The molecule has 0 heterocycles. The molecule has 1 nitrogen and oxygen atoms in total. The molecule has 2 aliphatic rings. The van der Waals surface area contributed by atoms with Crippen LogP contribution in [-0.4, -0.2) is 0 Å². The number of nitrogens with two attached hydrogens (primary N) is 1. The van der Waals surface area contributed by atoms with Gasteiger partial charge in [-0.1, -0.05) is 24.3 Å². The minimum atomic E-state index is 0.273. The molecule has 0 spiro atoms. The van der Waals surface area contributed by atoms with Gasteiger partial charge in [-0.05, 0) is 17.5 Å². The fourth-order valence-electron chi connectivity index (χ4n) is 1.27. The van der Waals surface area contributed by atoms with E-state index in [1.165, 1.54) is 11.1 Å². The van der Waals surface area contributed by atoms with Crippen LogP contribution >= 0.6 is 0 Å². The monoisotopic (exact) mass is 119 g/mol. The SMILES string of the molecule is NC1Cc2ccc1cc2. The number of benzene rings is 1. The van der Waals surface area contributed by atoms with E-state index in [-0.39, 0.29) is 6.04 Å². The minimum absolute atomic E-state index is 0.273. The standard InChI is InChI=1S/C8H9N/c9-8-5-6-1-3-7(8)4-2-6/h1-4,8H,5,9H2. The van der Waals surface area contributed by atoms with Crippen LogP contribution in [0.25, 0.3) is 0 Å². The van der Waals surface area contributed by atoms with Crippen molar-refractivity contribution in [1.82, 2.24) is 0 Å². The molecule has 0 fully saturated rings. The maximum Gasteiger partial charge on any atom is 0.0335 e. The van der Waals surface area contributed by atoms with Crippen molar-refractivity contribution in [2.45, 2.75) is 12.5 Å². The predicted octanol–water partition coefficient (Wildman–Crippen LogP) is 1.24. The predicted molar refractivity (Wildman–Crippen MR) is 37.1 cm³/mol. The van der Waals surface area contributed by atoms with Crippen LogP contribution < -0.4 is 5.73 Å². The fraction of sp³-hybridized carbons (Fsp3) is 0.250. The Morgan fingerprint density at radius 2 is 1.89 bits per heavy atom. The molecule has 9 heavy (non-hydrogen) atoms. The molecule has 2 aliphatic carbocycles. The normalized spacial score (nSPS) is 22.6. The van der Waals surface area contributed by atoms with E-state index in [0.29, 0.717) is 0 Å². The van der Waals surface area contributed by atoms with Gasteiger partial charge in [-0.2, -0.15) is 0 Å². The zero-order chi connectivity index (χ0) is 6.27. The van der Waals surface area contributed by atoms with E-state index in [0.717, 1.165) is 6.42 Å². The summed E-state index contributed by atoms with van der Waals surface area (Å²) in [6, 6.07) is 8.75. The Morgan fingerprint density at radius 1 is 1.22 bits per heavy atom. The average molecular weight is 119 g/mol. The quantitative estimate of drug-likeness (QED) is 0.546. The van der Waals surface area contributed by atoms with Gasteiger partial charge >= 0.3 is 0 Å². The van der Waals surface area contributed by atoms with Crippen molar-refractivity contribution in [2.24, 2.45) is 5.73 Å². The molecule has 1 atom stereocenters. The molecule has 2 N–H and O–H groups in total. The smallest absolute Gasteiger partial charge is 0.0335 e. The van der Waals surface area contributed by atoms with Crippen LogP contribution in [0.2, 0.25) is 0 Å². The first-order valence-electron chi connectivity index (χ1n) is 3.21. The van der Waals surface area contributed by atoms with Gasteiger partial charge < -0.3 is 5.73 Å². The summed E-state index contributed by atoms with van der Waals surface area (Å²) in [6.07, 6.45) is 1.03. The molecule has 1 aromatic carbocycles. The summed E-state index contributed by atoms with van der Waals surface area (Å²) in [5.41, 5.74) is 8.39. The number of hydrogen-bond acceptors (Lipinski definition) is 1. The molecule has 1 heteroatoms. The van der Waals surface area contributed by atoms with Crippen LogP contribution in [0.4, 0.5) is 0 Å². The maximum atomic E-state index is 5.76. The van der Waals surface area contributed by atoms with Crippen molar-refractivity contribution in [3.05, 3.63) is 35.4 Å². The van der Waals surface area contributed by atoms with Crippen LogP contribution in [0, 0.1) is 0 Å². The first-order valence-corrected chi connectivity index (χ1v) is 3.21. The number of rotatable bonds is 0. The van der Waals surface area contributed by atoms with Crippen molar-refractivity contribution in [2.75, 3.05) is 0 Å². The highest BCUT2D eigenvalue weighted by Crippen LogP contribution is 2.22. The Morgan fingerprint density at radius 3 is 2.11 bits per heavy atom. The van der Waals surface area contributed by atoms with Crippen LogP contribution in [-0.2, 0) is 6.42 Å². The van der Waals surface area contributed by atoms with Crippen molar-refractivity contribution >= 4 is 0 Å². The Labute approximate surface area is 54.5 Å². The maximum absolute atomic E-state index is 5.76. The molecule has 0 aliphatic heterocycles. The van der Waals surface area contributed by atoms with Gasteiger partial charge in [-0.25, -0.2) is 0 Å². The summed E-state index contributed by atoms with van der Waals surface area (Å²) in [6.45, 7) is 0. The van der Waals surface area contributed by atoms with E-state index in [1.807, 2.05) is 0 Å². The molecule has 3 rings (SSSR count). The summed E-state index contributed by atoms with van der Waals surface area (Å²) in [4.78, 5) is 0. The topological polar surface area (TPSA) is 26.0 Å². The summed E-state index contributed by atoms with van der Waals surface area (Å²) < 4.78 is 0. The van der Waals surface area contributed by atoms with Gasteiger partial charge in [-0.3, -0.25) is 0 Å². The number of fused-ring (bicyclic) bond motifs is 3. The van der Waals surface area contributed by atoms with Gasteiger partial charge in [0.1, 0.15) is 0 Å². The number of hydrogen-bond donors (Lipinski definition) is 1. The van der Waals surface area contributed by atoms with Crippen LogP contribution in [0.5, 0.6) is 0 Å². The lowest BCUT2D eigenvalue weighted by atomic mass is 9.92. The van der Waals surface area contributed by atoms with E-state index in [1.54, 1.807) is 0 Å². The lowest BCUT2D eigenvalue weighted by Crippen LogP contribution is -2.16. The molecule has 1 aromatic rings. The minimum Gasteiger partial charge on any atom is -0.324 e. The molecule has 2 bridgehead atoms. The van der Waals surface area contributed by atoms with Gasteiger partial charge in [0.2, 0.25) is 0 Å². The lowest BCUT2D eigenvalue weighted by Gasteiger charge is -2.18. The Kier molecular flexibility index (Phi) is 0.878. The summed E-state index contributed by atoms with van der Waals surface area (Å²) in [5, 5.41) is 0. The van der Waals surface area contributed by atoms with E-state index in [4.69, 9.17) is 5.73 Å². The van der Waals surface area contributed by atoms with Gasteiger partial charge in [0.25, 0.3) is 0 Å². The van der Waals surface area contributed by atoms with E-state index >= 15 is 0 Å². The molecule has 46 valence electrons. The van der Waals surface area contributed by atoms with Gasteiger partial charge in [0, 0.05) is 6.04 Å². The van der Waals surface area contributed by atoms with Gasteiger partial charge in [0.05, 0.1) is 0 Å². The molecule has 0 radical (unpaired) electrons. The molecular weight excluding hydrogens is 110 g/mol. The fourth-order valence-corrected chi connectivity index (χ4v) is 1.27. The average Bonchev–Trinajstić information content (AvgIpc) is 1.90. The third kappa shape index (κ3) is 0.653. The third-order valence-corrected chi connectivity index (χ3v) is 1.86. The Hall–Kier alpha value is -0.820.